The van der Waals surface area contributed by atoms with Gasteiger partial charge in [0.15, 0.2) is 0 Å². The summed E-state index contributed by atoms with van der Waals surface area (Å²) in [6.45, 7) is 5.36. The van der Waals surface area contributed by atoms with E-state index in [0.717, 1.165) is 6.54 Å². The molecule has 3 rings (SSSR count). The molecule has 0 spiro atoms. The highest BCUT2D eigenvalue weighted by Crippen LogP contribution is 2.64. The summed E-state index contributed by atoms with van der Waals surface area (Å²) >= 11 is 0. The lowest BCUT2D eigenvalue weighted by molar-refractivity contribution is 0.559. The van der Waals surface area contributed by atoms with E-state index in [-0.39, 0.29) is 0 Å². The van der Waals surface area contributed by atoms with Crippen molar-refractivity contribution < 1.29 is 0 Å². The van der Waals surface area contributed by atoms with E-state index in [9.17, 15) is 0 Å². The number of rotatable bonds is 2. The Labute approximate surface area is 95.0 Å². The second kappa shape index (κ2) is 3.08. The normalized spacial score (nSPS) is 27.2. The van der Waals surface area contributed by atoms with Crippen LogP contribution >= 0.6 is 0 Å². The van der Waals surface area contributed by atoms with Crippen LogP contribution in [0.2, 0.25) is 0 Å². The number of aromatic nitrogens is 2. The minimum Gasteiger partial charge on any atom is -0.330 e. The smallest absolute Gasteiger partial charge is 0.0685 e. The third-order valence-corrected chi connectivity index (χ3v) is 4.15. The quantitative estimate of drug-likeness (QED) is 0.807. The maximum Gasteiger partial charge on any atom is 0.0685 e. The van der Waals surface area contributed by atoms with E-state index < -0.39 is 0 Å². The van der Waals surface area contributed by atoms with Crippen LogP contribution in [0.15, 0.2) is 24.4 Å². The van der Waals surface area contributed by atoms with Crippen LogP contribution in [0.1, 0.15) is 25.3 Å². The molecular weight excluding hydrogens is 198 g/mol. The van der Waals surface area contributed by atoms with Crippen LogP contribution in [-0.4, -0.2) is 16.7 Å². The Kier molecular flexibility index (Phi) is 1.89. The molecular formula is C13H17N3. The molecule has 1 fully saturated rings. The van der Waals surface area contributed by atoms with Crippen molar-refractivity contribution in [1.29, 1.82) is 0 Å². The van der Waals surface area contributed by atoms with Gasteiger partial charge in [0.2, 0.25) is 0 Å². The molecule has 1 aliphatic carbocycles. The fraction of sp³-hybridized carbons (Fsp3) is 0.462. The number of H-pyrrole nitrogens is 1. The van der Waals surface area contributed by atoms with Crippen LogP contribution in [0.5, 0.6) is 0 Å². The maximum atomic E-state index is 5.83. The van der Waals surface area contributed by atoms with E-state index in [0.29, 0.717) is 17.3 Å². The molecule has 1 aromatic carbocycles. The van der Waals surface area contributed by atoms with E-state index in [1.54, 1.807) is 0 Å². The SMILES string of the molecule is CC1(C)C(CN)C1c1cccc2cn[nH]c12. The highest BCUT2D eigenvalue weighted by Gasteiger charge is 2.57. The number of aromatic amines is 1. The Bertz CT molecular complexity index is 527. The second-order valence-electron chi connectivity index (χ2n) is 5.32. The summed E-state index contributed by atoms with van der Waals surface area (Å²) in [5, 5.41) is 8.41. The molecule has 0 radical (unpaired) electrons. The van der Waals surface area contributed by atoms with Gasteiger partial charge >= 0.3 is 0 Å². The van der Waals surface area contributed by atoms with Crippen molar-refractivity contribution >= 4 is 10.9 Å². The molecule has 0 amide bonds. The average molecular weight is 215 g/mol. The first-order valence-corrected chi connectivity index (χ1v) is 5.78. The van der Waals surface area contributed by atoms with Crippen LogP contribution < -0.4 is 5.73 Å². The van der Waals surface area contributed by atoms with Gasteiger partial charge in [-0.1, -0.05) is 32.0 Å². The molecule has 2 unspecified atom stereocenters. The molecule has 16 heavy (non-hydrogen) atoms. The predicted octanol–water partition coefficient (Wildman–Crippen LogP) is 2.26. The molecule has 1 saturated carbocycles. The Morgan fingerprint density at radius 1 is 1.44 bits per heavy atom. The molecule has 0 aliphatic heterocycles. The number of benzene rings is 1. The molecule has 3 heteroatoms. The lowest BCUT2D eigenvalue weighted by Crippen LogP contribution is -2.05. The van der Waals surface area contributed by atoms with Gasteiger partial charge in [0, 0.05) is 5.39 Å². The molecule has 1 aliphatic rings. The first-order chi connectivity index (χ1) is 7.66. The van der Waals surface area contributed by atoms with E-state index in [1.807, 2.05) is 6.20 Å². The van der Waals surface area contributed by atoms with Crippen LogP contribution in [0.3, 0.4) is 0 Å². The average Bonchev–Trinajstić information content (AvgIpc) is 2.65. The fourth-order valence-electron chi connectivity index (χ4n) is 3.05. The summed E-state index contributed by atoms with van der Waals surface area (Å²) in [5.41, 5.74) is 8.71. The highest BCUT2D eigenvalue weighted by molar-refractivity contribution is 5.82. The lowest BCUT2D eigenvalue weighted by Gasteiger charge is -2.04. The fourth-order valence-corrected chi connectivity index (χ4v) is 3.05. The number of hydrogen-bond donors (Lipinski definition) is 2. The Balaban J connectivity index is 2.11. The molecule has 1 heterocycles. The van der Waals surface area contributed by atoms with Gasteiger partial charge in [-0.05, 0) is 29.4 Å². The Hall–Kier alpha value is -1.35. The van der Waals surface area contributed by atoms with Gasteiger partial charge in [-0.25, -0.2) is 0 Å². The van der Waals surface area contributed by atoms with Gasteiger partial charge in [-0.15, -0.1) is 0 Å². The van der Waals surface area contributed by atoms with Crippen LogP contribution in [0, 0.1) is 11.3 Å². The first-order valence-electron chi connectivity index (χ1n) is 5.78. The summed E-state index contributed by atoms with van der Waals surface area (Å²) in [6, 6.07) is 6.40. The van der Waals surface area contributed by atoms with Gasteiger partial charge in [0.05, 0.1) is 11.7 Å². The molecule has 0 saturated heterocycles. The van der Waals surface area contributed by atoms with Crippen molar-refractivity contribution in [2.45, 2.75) is 19.8 Å². The van der Waals surface area contributed by atoms with E-state index in [4.69, 9.17) is 5.73 Å². The number of para-hydroxylation sites is 1. The van der Waals surface area contributed by atoms with Gasteiger partial charge in [-0.2, -0.15) is 5.10 Å². The topological polar surface area (TPSA) is 54.7 Å². The third-order valence-electron chi connectivity index (χ3n) is 4.15. The standard InChI is InChI=1S/C13H17N3/c1-13(2)10(6-14)11(13)9-5-3-4-8-7-15-16-12(8)9/h3-5,7,10-11H,6,14H2,1-2H3,(H,15,16). The van der Waals surface area contributed by atoms with Crippen molar-refractivity contribution in [2.24, 2.45) is 17.1 Å². The van der Waals surface area contributed by atoms with Gasteiger partial charge in [0.1, 0.15) is 0 Å². The van der Waals surface area contributed by atoms with Crippen molar-refractivity contribution in [3.63, 3.8) is 0 Å². The number of nitrogens with two attached hydrogens (primary N) is 1. The molecule has 3 nitrogen and oxygen atoms in total. The zero-order valence-corrected chi connectivity index (χ0v) is 9.70. The van der Waals surface area contributed by atoms with Crippen molar-refractivity contribution in [3.05, 3.63) is 30.0 Å². The molecule has 2 aromatic rings. The molecule has 0 bridgehead atoms. The monoisotopic (exact) mass is 215 g/mol. The number of nitrogens with one attached hydrogen (secondary N) is 1. The minimum absolute atomic E-state index is 0.328. The van der Waals surface area contributed by atoms with Crippen LogP contribution in [-0.2, 0) is 0 Å². The summed E-state index contributed by atoms with van der Waals surface area (Å²) in [5.74, 6) is 1.17. The van der Waals surface area contributed by atoms with E-state index in [2.05, 4.69) is 42.2 Å². The zero-order chi connectivity index (χ0) is 11.3. The summed E-state index contributed by atoms with van der Waals surface area (Å²) in [6.07, 6.45) is 1.88. The maximum absolute atomic E-state index is 5.83. The van der Waals surface area contributed by atoms with E-state index in [1.165, 1.54) is 16.5 Å². The lowest BCUT2D eigenvalue weighted by atomic mass is 10.0. The minimum atomic E-state index is 0.328. The Morgan fingerprint density at radius 2 is 2.25 bits per heavy atom. The van der Waals surface area contributed by atoms with Gasteiger partial charge < -0.3 is 5.73 Å². The number of fused-ring (bicyclic) bond motifs is 1. The van der Waals surface area contributed by atoms with Crippen LogP contribution in [0.25, 0.3) is 10.9 Å². The van der Waals surface area contributed by atoms with Crippen molar-refractivity contribution in [3.8, 4) is 0 Å². The third kappa shape index (κ3) is 1.15. The zero-order valence-electron chi connectivity index (χ0n) is 9.70. The summed E-state index contributed by atoms with van der Waals surface area (Å²) < 4.78 is 0. The summed E-state index contributed by atoms with van der Waals surface area (Å²) in [4.78, 5) is 0. The largest absolute Gasteiger partial charge is 0.330 e. The first kappa shape index (κ1) is 9.85. The van der Waals surface area contributed by atoms with Crippen molar-refractivity contribution in [2.75, 3.05) is 6.54 Å². The van der Waals surface area contributed by atoms with Gasteiger partial charge in [0.25, 0.3) is 0 Å². The number of hydrogen-bond acceptors (Lipinski definition) is 2. The highest BCUT2D eigenvalue weighted by atomic mass is 15.1. The molecule has 1 aromatic heterocycles. The van der Waals surface area contributed by atoms with E-state index >= 15 is 0 Å². The van der Waals surface area contributed by atoms with Crippen molar-refractivity contribution in [1.82, 2.24) is 10.2 Å². The molecule has 3 N–H and O–H groups in total. The predicted molar refractivity (Wildman–Crippen MR) is 65.2 cm³/mol. The molecule has 2 atom stereocenters. The summed E-state index contributed by atoms with van der Waals surface area (Å²) in [7, 11) is 0. The second-order valence-corrected chi connectivity index (χ2v) is 5.32. The number of nitrogens with zero attached hydrogens (tertiary/aromatic N) is 1. The van der Waals surface area contributed by atoms with Gasteiger partial charge in [-0.3, -0.25) is 5.10 Å². The molecule has 84 valence electrons. The van der Waals surface area contributed by atoms with Crippen LogP contribution in [0.4, 0.5) is 0 Å². The Morgan fingerprint density at radius 3 is 2.94 bits per heavy atom.